The molecule has 31 heavy (non-hydrogen) atoms. The summed E-state index contributed by atoms with van der Waals surface area (Å²) in [7, 11) is 6.01. The molecule has 4 aromatic carbocycles. The van der Waals surface area contributed by atoms with Gasteiger partial charge in [-0.2, -0.15) is 0 Å². The molecule has 0 unspecified atom stereocenters. The van der Waals surface area contributed by atoms with Gasteiger partial charge in [-0.1, -0.05) is 109 Å². The molecule has 0 amide bonds. The second-order valence-corrected chi connectivity index (χ2v) is 7.24. The predicted molar refractivity (Wildman–Crippen MR) is 127 cm³/mol. The molecule has 5 rings (SSSR count). The lowest BCUT2D eigenvalue weighted by molar-refractivity contribution is 1.07. The summed E-state index contributed by atoms with van der Waals surface area (Å²) in [6.07, 6.45) is 0. The highest BCUT2D eigenvalue weighted by molar-refractivity contribution is 6.32. The summed E-state index contributed by atoms with van der Waals surface area (Å²) >= 11 is 0. The largest absolute Gasteiger partial charge is 0.208 e. The van der Waals surface area contributed by atoms with Crippen LogP contribution < -0.4 is 5.46 Å². The third-order valence-electron chi connectivity index (χ3n) is 5.04. The minimum absolute atomic E-state index is 0.598. The fraction of sp³-hybridized carbons (Fsp3) is 0. The highest BCUT2D eigenvalue weighted by Gasteiger charge is 2.12. The van der Waals surface area contributed by atoms with Crippen LogP contribution in [0.15, 0.2) is 109 Å². The first-order valence-corrected chi connectivity index (χ1v) is 10.1. The van der Waals surface area contributed by atoms with E-state index in [4.69, 9.17) is 22.8 Å². The Bertz CT molecular complexity index is 1340. The molecule has 0 aliphatic heterocycles. The molecule has 0 spiro atoms. The maximum Gasteiger partial charge on any atom is 0.164 e. The molecule has 0 bridgehead atoms. The number of aromatic nitrogens is 3. The third-order valence-corrected chi connectivity index (χ3v) is 5.04. The van der Waals surface area contributed by atoms with Gasteiger partial charge in [0.1, 0.15) is 7.85 Å². The van der Waals surface area contributed by atoms with Crippen LogP contribution >= 0.6 is 0 Å². The third kappa shape index (κ3) is 4.14. The van der Waals surface area contributed by atoms with E-state index in [1.807, 2.05) is 84.9 Å². The summed E-state index contributed by atoms with van der Waals surface area (Å²) in [5.41, 5.74) is 5.68. The average molecular weight is 395 g/mol. The standard InChI is InChI=1S/C27H18BN3/c28-24-16-8-15-23(18-24)27-30-25(20-11-5-2-6-12-20)29-26(31-27)22-14-7-13-21(17-22)19-9-3-1-4-10-19/h1-18H. The smallest absolute Gasteiger partial charge is 0.164 e. The molecular weight excluding hydrogens is 377 g/mol. The van der Waals surface area contributed by atoms with Crippen molar-refractivity contribution in [1.29, 1.82) is 0 Å². The molecule has 1 aromatic heterocycles. The van der Waals surface area contributed by atoms with Crippen LogP contribution in [0.5, 0.6) is 0 Å². The predicted octanol–water partition coefficient (Wildman–Crippen LogP) is 5.33. The van der Waals surface area contributed by atoms with E-state index in [0.717, 1.165) is 27.8 Å². The molecule has 144 valence electrons. The van der Waals surface area contributed by atoms with Crippen LogP contribution in [0.25, 0.3) is 45.3 Å². The van der Waals surface area contributed by atoms with E-state index in [1.165, 1.54) is 0 Å². The first-order chi connectivity index (χ1) is 15.3. The van der Waals surface area contributed by atoms with Crippen molar-refractivity contribution in [3.8, 4) is 45.3 Å². The fourth-order valence-electron chi connectivity index (χ4n) is 3.50. The summed E-state index contributed by atoms with van der Waals surface area (Å²) in [6.45, 7) is 0. The summed E-state index contributed by atoms with van der Waals surface area (Å²) in [5, 5.41) is 0. The van der Waals surface area contributed by atoms with Gasteiger partial charge < -0.3 is 0 Å². The van der Waals surface area contributed by atoms with Gasteiger partial charge in [0.15, 0.2) is 17.5 Å². The molecule has 0 aliphatic rings. The fourth-order valence-corrected chi connectivity index (χ4v) is 3.50. The Morgan fingerprint density at radius 2 is 0.839 bits per heavy atom. The average Bonchev–Trinajstić information content (AvgIpc) is 2.85. The molecule has 0 saturated heterocycles. The van der Waals surface area contributed by atoms with E-state index in [9.17, 15) is 0 Å². The van der Waals surface area contributed by atoms with Gasteiger partial charge in [0.25, 0.3) is 0 Å². The molecule has 2 radical (unpaired) electrons. The number of hydrogen-bond donors (Lipinski definition) is 0. The van der Waals surface area contributed by atoms with Crippen molar-refractivity contribution < 1.29 is 0 Å². The van der Waals surface area contributed by atoms with Crippen molar-refractivity contribution in [2.75, 3.05) is 0 Å². The zero-order chi connectivity index (χ0) is 21.0. The number of nitrogens with zero attached hydrogens (tertiary/aromatic N) is 3. The Morgan fingerprint density at radius 1 is 0.387 bits per heavy atom. The SMILES string of the molecule is [B]c1cccc(-c2nc(-c3ccccc3)nc(-c3cccc(-c4ccccc4)c3)n2)c1. The van der Waals surface area contributed by atoms with Crippen LogP contribution in [-0.4, -0.2) is 22.8 Å². The molecule has 1 heterocycles. The summed E-state index contributed by atoms with van der Waals surface area (Å²) in [6, 6.07) is 36.1. The Morgan fingerprint density at radius 3 is 1.45 bits per heavy atom. The molecule has 4 heteroatoms. The van der Waals surface area contributed by atoms with Crippen molar-refractivity contribution in [1.82, 2.24) is 15.0 Å². The van der Waals surface area contributed by atoms with Crippen molar-refractivity contribution >= 4 is 13.3 Å². The van der Waals surface area contributed by atoms with Crippen molar-refractivity contribution in [3.63, 3.8) is 0 Å². The van der Waals surface area contributed by atoms with Gasteiger partial charge in [-0.05, 0) is 17.2 Å². The minimum Gasteiger partial charge on any atom is -0.208 e. The second-order valence-electron chi connectivity index (χ2n) is 7.24. The number of benzene rings is 4. The maximum absolute atomic E-state index is 6.01. The quantitative estimate of drug-likeness (QED) is 0.386. The lowest BCUT2D eigenvalue weighted by atomic mass is 9.94. The van der Waals surface area contributed by atoms with Crippen molar-refractivity contribution in [2.45, 2.75) is 0 Å². The summed E-state index contributed by atoms with van der Waals surface area (Å²) in [4.78, 5) is 14.3. The maximum atomic E-state index is 6.01. The number of hydrogen-bond acceptors (Lipinski definition) is 3. The van der Waals surface area contributed by atoms with E-state index >= 15 is 0 Å². The highest BCUT2D eigenvalue weighted by Crippen LogP contribution is 2.27. The molecule has 0 saturated carbocycles. The number of rotatable bonds is 4. The van der Waals surface area contributed by atoms with E-state index in [1.54, 1.807) is 0 Å². The molecule has 0 atom stereocenters. The molecule has 5 aromatic rings. The van der Waals surface area contributed by atoms with Gasteiger partial charge in [0.2, 0.25) is 0 Å². The molecule has 0 aliphatic carbocycles. The normalized spacial score (nSPS) is 10.7. The summed E-state index contributed by atoms with van der Waals surface area (Å²) in [5.74, 6) is 1.86. The van der Waals surface area contributed by atoms with Crippen LogP contribution in [0.2, 0.25) is 0 Å². The Hall–Kier alpha value is -4.05. The topological polar surface area (TPSA) is 38.7 Å². The van der Waals surface area contributed by atoms with Gasteiger partial charge in [-0.3, -0.25) is 0 Å². The molecule has 0 fully saturated rings. The van der Waals surface area contributed by atoms with Crippen molar-refractivity contribution in [2.24, 2.45) is 0 Å². The van der Waals surface area contributed by atoms with Gasteiger partial charge in [-0.15, -0.1) is 0 Å². The van der Waals surface area contributed by atoms with E-state index in [0.29, 0.717) is 22.9 Å². The van der Waals surface area contributed by atoms with Crippen LogP contribution in [-0.2, 0) is 0 Å². The van der Waals surface area contributed by atoms with Gasteiger partial charge >= 0.3 is 0 Å². The van der Waals surface area contributed by atoms with Gasteiger partial charge in [-0.25, -0.2) is 15.0 Å². The zero-order valence-corrected chi connectivity index (χ0v) is 16.8. The lowest BCUT2D eigenvalue weighted by Gasteiger charge is -2.10. The lowest BCUT2D eigenvalue weighted by Crippen LogP contribution is -2.04. The zero-order valence-electron chi connectivity index (χ0n) is 16.8. The monoisotopic (exact) mass is 395 g/mol. The van der Waals surface area contributed by atoms with Crippen LogP contribution in [0, 0.1) is 0 Å². The van der Waals surface area contributed by atoms with E-state index < -0.39 is 0 Å². The van der Waals surface area contributed by atoms with Gasteiger partial charge in [0, 0.05) is 16.7 Å². The van der Waals surface area contributed by atoms with E-state index in [-0.39, 0.29) is 0 Å². The van der Waals surface area contributed by atoms with Gasteiger partial charge in [0.05, 0.1) is 0 Å². The van der Waals surface area contributed by atoms with E-state index in [2.05, 4.69) is 24.3 Å². The van der Waals surface area contributed by atoms with Crippen molar-refractivity contribution in [3.05, 3.63) is 109 Å². The molecular formula is C27H18BN3. The Balaban J connectivity index is 1.67. The molecule has 0 N–H and O–H groups in total. The highest BCUT2D eigenvalue weighted by atomic mass is 15.0. The first kappa shape index (κ1) is 19.0. The van der Waals surface area contributed by atoms with Crippen LogP contribution in [0.4, 0.5) is 0 Å². The molecule has 3 nitrogen and oxygen atoms in total. The van der Waals surface area contributed by atoms with Crippen LogP contribution in [0.3, 0.4) is 0 Å². The van der Waals surface area contributed by atoms with Crippen LogP contribution in [0.1, 0.15) is 0 Å². The first-order valence-electron chi connectivity index (χ1n) is 10.1. The second kappa shape index (κ2) is 8.37. The Kier molecular flexibility index (Phi) is 5.11. The minimum atomic E-state index is 0.598. The summed E-state index contributed by atoms with van der Waals surface area (Å²) < 4.78 is 0. The Labute approximate surface area is 182 Å².